The van der Waals surface area contributed by atoms with Crippen LogP contribution in [0.25, 0.3) is 0 Å². The molecule has 8 heteroatoms. The van der Waals surface area contributed by atoms with Crippen LogP contribution in [0.4, 0.5) is 4.53 Å². The van der Waals surface area contributed by atoms with Gasteiger partial charge in [0.25, 0.3) is 0 Å². The van der Waals surface area contributed by atoms with Crippen molar-refractivity contribution in [2.75, 3.05) is 13.1 Å². The van der Waals surface area contributed by atoms with E-state index in [-0.39, 0.29) is 35.9 Å². The van der Waals surface area contributed by atoms with Crippen molar-refractivity contribution in [3.8, 4) is 0 Å². The number of hydrogen-bond acceptors (Lipinski definition) is 5. The average Bonchev–Trinajstić information content (AvgIpc) is 2.71. The van der Waals surface area contributed by atoms with Crippen molar-refractivity contribution >= 4 is 17.8 Å². The Hall–Kier alpha value is -1.96. The minimum absolute atomic E-state index is 0.0438. The first-order valence-electron chi connectivity index (χ1n) is 10.6. The van der Waals surface area contributed by atoms with Gasteiger partial charge in [-0.05, 0) is 45.1 Å². The van der Waals surface area contributed by atoms with Gasteiger partial charge in [-0.2, -0.15) is 0 Å². The van der Waals surface area contributed by atoms with Crippen LogP contribution < -0.4 is 10.6 Å². The predicted molar refractivity (Wildman–Crippen MR) is 109 cm³/mol. The van der Waals surface area contributed by atoms with Crippen LogP contribution in [0.3, 0.4) is 0 Å². The van der Waals surface area contributed by atoms with Crippen LogP contribution >= 0.6 is 0 Å². The molecule has 2 N–H and O–H groups in total. The second-order valence-electron chi connectivity index (χ2n) is 7.95. The fraction of sp³-hybridized carbons (Fsp3) is 0.762. The molecule has 1 saturated heterocycles. The van der Waals surface area contributed by atoms with Gasteiger partial charge in [0.2, 0.25) is 11.8 Å². The van der Waals surface area contributed by atoms with E-state index < -0.39 is 12.0 Å². The average molecular weight is 414 g/mol. The first-order chi connectivity index (χ1) is 13.8. The zero-order valence-electron chi connectivity index (χ0n) is 18.3. The molecule has 0 aromatic rings. The summed E-state index contributed by atoms with van der Waals surface area (Å²) >= 11 is 0. The molecule has 1 fully saturated rings. The lowest BCUT2D eigenvalue weighted by Crippen LogP contribution is -2.58. The highest BCUT2D eigenvalue weighted by Gasteiger charge is 2.34. The third-order valence-corrected chi connectivity index (χ3v) is 5.58. The maximum Gasteiger partial charge on any atom is 0.375 e. The highest BCUT2D eigenvalue weighted by Crippen LogP contribution is 2.23. The lowest BCUT2D eigenvalue weighted by atomic mass is 9.95. The van der Waals surface area contributed by atoms with Crippen molar-refractivity contribution in [1.82, 2.24) is 15.5 Å². The SMILES string of the molecule is CCC(CC)N1CCCCC1C(=O)NC(C(=O)NC/C=C(\C)C(=O)OF)C(C)C. The number of amides is 2. The second-order valence-corrected chi connectivity index (χ2v) is 7.95. The normalized spacial score (nSPS) is 19.2. The van der Waals surface area contributed by atoms with Gasteiger partial charge in [0, 0.05) is 22.7 Å². The van der Waals surface area contributed by atoms with Crippen LogP contribution in [0.5, 0.6) is 0 Å². The molecule has 0 spiro atoms. The summed E-state index contributed by atoms with van der Waals surface area (Å²) < 4.78 is 11.9. The maximum absolute atomic E-state index is 13.0. The fourth-order valence-corrected chi connectivity index (χ4v) is 3.77. The summed E-state index contributed by atoms with van der Waals surface area (Å²) in [6.07, 6.45) is 6.23. The number of likely N-dealkylation sites (tertiary alicyclic amines) is 1. The quantitative estimate of drug-likeness (QED) is 0.538. The molecule has 1 heterocycles. The Balaban J connectivity index is 2.77. The van der Waals surface area contributed by atoms with E-state index in [1.54, 1.807) is 0 Å². The van der Waals surface area contributed by atoms with Crippen molar-refractivity contribution in [2.24, 2.45) is 5.92 Å². The molecule has 2 atom stereocenters. The van der Waals surface area contributed by atoms with Crippen LogP contribution in [-0.2, 0) is 19.3 Å². The number of rotatable bonds is 10. The molecular formula is C21H36FN3O4. The van der Waals surface area contributed by atoms with E-state index in [9.17, 15) is 18.9 Å². The van der Waals surface area contributed by atoms with Gasteiger partial charge in [-0.1, -0.05) is 40.2 Å². The molecule has 2 amide bonds. The molecule has 0 aromatic carbocycles. The Bertz CT molecular complexity index is 590. The molecule has 1 rings (SSSR count). The van der Waals surface area contributed by atoms with Crippen molar-refractivity contribution in [1.29, 1.82) is 0 Å². The highest BCUT2D eigenvalue weighted by molar-refractivity contribution is 5.90. The van der Waals surface area contributed by atoms with Gasteiger partial charge in [0.05, 0.1) is 6.04 Å². The van der Waals surface area contributed by atoms with E-state index in [1.165, 1.54) is 13.0 Å². The molecule has 0 saturated carbocycles. The Morgan fingerprint density at radius 3 is 2.41 bits per heavy atom. The van der Waals surface area contributed by atoms with Crippen LogP contribution in [0.2, 0.25) is 0 Å². The van der Waals surface area contributed by atoms with Crippen LogP contribution in [-0.4, -0.2) is 53.9 Å². The Labute approximate surface area is 173 Å². The number of carbonyl (C=O) groups excluding carboxylic acids is 3. The van der Waals surface area contributed by atoms with E-state index in [4.69, 9.17) is 0 Å². The minimum atomic E-state index is -1.09. The molecule has 7 nitrogen and oxygen atoms in total. The van der Waals surface area contributed by atoms with Gasteiger partial charge in [-0.15, -0.1) is 0 Å². The van der Waals surface area contributed by atoms with Crippen LogP contribution in [0.15, 0.2) is 11.6 Å². The molecule has 166 valence electrons. The predicted octanol–water partition coefficient (Wildman–Crippen LogP) is 2.66. The summed E-state index contributed by atoms with van der Waals surface area (Å²) in [5.41, 5.74) is 0.0564. The van der Waals surface area contributed by atoms with E-state index in [0.717, 1.165) is 38.6 Å². The lowest BCUT2D eigenvalue weighted by molar-refractivity contribution is -0.178. The molecular weight excluding hydrogens is 377 g/mol. The van der Waals surface area contributed by atoms with E-state index in [1.807, 2.05) is 13.8 Å². The Morgan fingerprint density at radius 1 is 1.21 bits per heavy atom. The van der Waals surface area contributed by atoms with Gasteiger partial charge in [-0.3, -0.25) is 14.5 Å². The van der Waals surface area contributed by atoms with Gasteiger partial charge >= 0.3 is 5.97 Å². The van der Waals surface area contributed by atoms with Crippen molar-refractivity contribution in [3.05, 3.63) is 11.6 Å². The summed E-state index contributed by atoms with van der Waals surface area (Å²) in [6, 6.07) is -0.542. The van der Waals surface area contributed by atoms with E-state index in [2.05, 4.69) is 34.3 Å². The second kappa shape index (κ2) is 12.6. The zero-order chi connectivity index (χ0) is 22.0. The molecule has 0 aromatic heterocycles. The molecule has 1 aliphatic heterocycles. The van der Waals surface area contributed by atoms with Gasteiger partial charge in [0.1, 0.15) is 6.04 Å². The number of halogens is 1. The molecule has 29 heavy (non-hydrogen) atoms. The summed E-state index contributed by atoms with van der Waals surface area (Å²) in [7, 11) is 0. The van der Waals surface area contributed by atoms with E-state index >= 15 is 0 Å². The van der Waals surface area contributed by atoms with Crippen molar-refractivity contribution in [3.63, 3.8) is 0 Å². The van der Waals surface area contributed by atoms with Crippen LogP contribution in [0.1, 0.15) is 66.7 Å². The summed E-state index contributed by atoms with van der Waals surface area (Å²) in [5, 5.41) is 5.59. The summed E-state index contributed by atoms with van der Waals surface area (Å²) in [5.74, 6) is -1.65. The third kappa shape index (κ3) is 7.42. The smallest absolute Gasteiger partial charge is 0.351 e. The topological polar surface area (TPSA) is 87.7 Å². The molecule has 0 aliphatic carbocycles. The zero-order valence-corrected chi connectivity index (χ0v) is 18.3. The maximum atomic E-state index is 13.0. The Kier molecular flexibility index (Phi) is 10.9. The molecule has 0 radical (unpaired) electrons. The molecule has 1 aliphatic rings. The summed E-state index contributed by atoms with van der Waals surface area (Å²) in [4.78, 5) is 42.1. The number of nitrogens with one attached hydrogen (secondary N) is 2. The standard InChI is InChI=1S/C21H36FN3O4/c1-6-16(7-2)25-13-9-8-10-17(25)19(26)24-18(14(3)4)20(27)23-12-11-15(5)21(28)29-22/h11,14,16-18H,6-10,12-13H2,1-5H3,(H,23,27)(H,24,26)/b15-11+. The van der Waals surface area contributed by atoms with Gasteiger partial charge in [0.15, 0.2) is 0 Å². The van der Waals surface area contributed by atoms with Crippen LogP contribution in [0, 0.1) is 5.92 Å². The largest absolute Gasteiger partial charge is 0.375 e. The number of hydrogen-bond donors (Lipinski definition) is 2. The fourth-order valence-electron chi connectivity index (χ4n) is 3.77. The lowest BCUT2D eigenvalue weighted by Gasteiger charge is -2.40. The summed E-state index contributed by atoms with van der Waals surface area (Å²) in [6.45, 7) is 10.3. The first kappa shape index (κ1) is 25.1. The van der Waals surface area contributed by atoms with Crippen molar-refractivity contribution in [2.45, 2.75) is 84.8 Å². The number of nitrogens with zero attached hydrogens (tertiary/aromatic N) is 1. The third-order valence-electron chi connectivity index (χ3n) is 5.58. The van der Waals surface area contributed by atoms with E-state index in [0.29, 0.717) is 6.04 Å². The number of carbonyl (C=O) groups is 3. The minimum Gasteiger partial charge on any atom is -0.351 e. The van der Waals surface area contributed by atoms with Crippen molar-refractivity contribution < 1.29 is 23.9 Å². The van der Waals surface area contributed by atoms with Gasteiger partial charge < -0.3 is 10.6 Å². The monoisotopic (exact) mass is 413 g/mol. The molecule has 0 bridgehead atoms. The first-order valence-corrected chi connectivity index (χ1v) is 10.6. The molecule has 2 unspecified atom stereocenters. The highest BCUT2D eigenvalue weighted by atomic mass is 19.3. The Morgan fingerprint density at radius 2 is 1.86 bits per heavy atom. The van der Waals surface area contributed by atoms with Gasteiger partial charge in [-0.25, -0.2) is 9.74 Å². The number of piperidine rings is 1.